The van der Waals surface area contributed by atoms with Crippen LogP contribution in [0.1, 0.15) is 76.6 Å². The fourth-order valence-electron chi connectivity index (χ4n) is 6.38. The number of benzene rings is 1. The van der Waals surface area contributed by atoms with Crippen LogP contribution in [0, 0.1) is 11.3 Å². The van der Waals surface area contributed by atoms with Gasteiger partial charge in [-0.1, -0.05) is 5.16 Å². The van der Waals surface area contributed by atoms with Crippen molar-refractivity contribution < 1.29 is 46.3 Å². The first-order chi connectivity index (χ1) is 23.8. The Hall–Kier alpha value is -4.37. The summed E-state index contributed by atoms with van der Waals surface area (Å²) in [5, 5.41) is 30.6. The van der Waals surface area contributed by atoms with Gasteiger partial charge in [-0.3, -0.25) is 19.6 Å². The van der Waals surface area contributed by atoms with E-state index >= 15 is 0 Å². The van der Waals surface area contributed by atoms with Crippen LogP contribution in [0.25, 0.3) is 0 Å². The van der Waals surface area contributed by atoms with E-state index in [9.17, 15) is 27.9 Å². The van der Waals surface area contributed by atoms with E-state index in [4.69, 9.17) is 31.0 Å². The Morgan fingerprint density at radius 2 is 1.94 bits per heavy atom. The summed E-state index contributed by atoms with van der Waals surface area (Å²) in [4.78, 5) is 48.5. The molecule has 0 spiro atoms. The number of carboxylic acid groups (broad SMARTS) is 1. The molecule has 0 unspecified atom stereocenters. The smallest absolute Gasteiger partial charge is 0.418 e. The van der Waals surface area contributed by atoms with Crippen molar-refractivity contribution in [1.82, 2.24) is 20.7 Å². The highest BCUT2D eigenvalue weighted by Gasteiger charge is 2.58. The number of aromatic nitrogens is 1. The number of hydroxylamine groups is 2. The molecule has 1 saturated carbocycles. The van der Waals surface area contributed by atoms with Crippen molar-refractivity contribution in [1.29, 1.82) is 5.41 Å². The van der Waals surface area contributed by atoms with Gasteiger partial charge in [-0.15, -0.1) is 15.6 Å². The molecule has 0 radical (unpaired) electrons. The third-order valence-electron chi connectivity index (χ3n) is 9.73. The van der Waals surface area contributed by atoms with Gasteiger partial charge in [-0.25, -0.2) is 9.78 Å². The number of thiazole rings is 1. The van der Waals surface area contributed by atoms with E-state index in [1.807, 2.05) is 6.07 Å². The molecule has 3 atom stereocenters. The average Bonchev–Trinajstić information content (AvgIpc) is 3.50. The zero-order valence-corrected chi connectivity index (χ0v) is 30.1. The molecule has 51 heavy (non-hydrogen) atoms. The highest BCUT2D eigenvalue weighted by atomic mass is 32.3. The Bertz CT molecular complexity index is 1860. The van der Waals surface area contributed by atoms with E-state index in [1.165, 1.54) is 26.2 Å². The Kier molecular flexibility index (Phi) is 10.4. The number of carboxylic acids is 1. The monoisotopic (exact) mass is 750 g/mol. The third kappa shape index (κ3) is 7.93. The number of amides is 2. The minimum atomic E-state index is -5.03. The SMILES string of the molecule is CC1(C)[C@H](NC(=O)/C(=N\O[C@](C)(C(=O)O)[C@H]2CCc3cc(C(=N)N[C@]4(C)CC[C@H](CN)CC4)ccc3O2)c2csc(N)n2)C(=O)N1OS(=O)(=O)O. The van der Waals surface area contributed by atoms with Crippen molar-refractivity contribution in [3.05, 3.63) is 40.4 Å². The van der Waals surface area contributed by atoms with Gasteiger partial charge in [0.15, 0.2) is 16.9 Å². The molecule has 1 aromatic heterocycles. The molecule has 1 saturated heterocycles. The van der Waals surface area contributed by atoms with Crippen molar-refractivity contribution in [2.24, 2.45) is 16.8 Å². The molecule has 3 heterocycles. The van der Waals surface area contributed by atoms with Crippen LogP contribution in [-0.2, 0) is 40.3 Å². The number of hydrogen-bond acceptors (Lipinski definition) is 14. The average molecular weight is 751 g/mol. The fourth-order valence-corrected chi connectivity index (χ4v) is 7.38. The number of fused-ring (bicyclic) bond motifs is 1. The van der Waals surface area contributed by atoms with E-state index in [0.29, 0.717) is 35.3 Å². The second-order valence-corrected chi connectivity index (χ2v) is 15.8. The molecular weight excluding hydrogens is 709 g/mol. The van der Waals surface area contributed by atoms with Crippen LogP contribution in [0.4, 0.5) is 5.13 Å². The van der Waals surface area contributed by atoms with Crippen LogP contribution < -0.4 is 26.8 Å². The molecule has 2 aliphatic heterocycles. The Balaban J connectivity index is 1.32. The van der Waals surface area contributed by atoms with Gasteiger partial charge in [0.25, 0.3) is 17.4 Å². The maximum atomic E-state index is 13.5. The number of carbonyl (C=O) groups excluding carboxylic acids is 2. The maximum Gasteiger partial charge on any atom is 0.418 e. The number of anilines is 1. The number of aliphatic carboxylic acids is 1. The van der Waals surface area contributed by atoms with Gasteiger partial charge in [0.05, 0.1) is 5.54 Å². The number of nitrogens with zero attached hydrogens (tertiary/aromatic N) is 3. The molecule has 2 aromatic rings. The number of β-lactam (4-membered cyclic amide) rings is 1. The molecular formula is C31H42N8O10S2. The molecule has 9 N–H and O–H groups in total. The number of nitrogen functional groups attached to an aromatic ring is 1. The number of hydrogen-bond donors (Lipinski definition) is 7. The first-order valence-electron chi connectivity index (χ1n) is 16.2. The molecule has 5 rings (SSSR count). The van der Waals surface area contributed by atoms with Crippen LogP contribution in [-0.4, -0.2) is 92.8 Å². The van der Waals surface area contributed by atoms with Crippen LogP contribution in [0.3, 0.4) is 0 Å². The Labute approximate surface area is 298 Å². The van der Waals surface area contributed by atoms with Gasteiger partial charge in [0.2, 0.25) is 0 Å². The first-order valence-corrected chi connectivity index (χ1v) is 18.4. The minimum Gasteiger partial charge on any atom is -0.485 e. The van der Waals surface area contributed by atoms with Gasteiger partial charge in [0.1, 0.15) is 23.3 Å². The van der Waals surface area contributed by atoms with Crippen molar-refractivity contribution in [2.75, 3.05) is 12.3 Å². The molecule has 18 nitrogen and oxygen atoms in total. The lowest BCUT2D eigenvalue weighted by Gasteiger charge is -2.50. The molecule has 20 heteroatoms. The molecule has 1 aromatic carbocycles. The Morgan fingerprint density at radius 3 is 2.51 bits per heavy atom. The lowest BCUT2D eigenvalue weighted by Crippen LogP contribution is -2.76. The van der Waals surface area contributed by atoms with E-state index < -0.39 is 57.2 Å². The number of carbonyl (C=O) groups is 3. The minimum absolute atomic E-state index is 0.0576. The summed E-state index contributed by atoms with van der Waals surface area (Å²) in [7, 11) is -5.03. The molecule has 1 aliphatic carbocycles. The second kappa shape index (κ2) is 14.0. The summed E-state index contributed by atoms with van der Waals surface area (Å²) in [6, 6.07) is 3.90. The maximum absolute atomic E-state index is 13.5. The van der Waals surface area contributed by atoms with Crippen LogP contribution in [0.2, 0.25) is 0 Å². The number of aryl methyl sites for hydroxylation is 1. The molecule has 278 valence electrons. The zero-order chi connectivity index (χ0) is 37.5. The van der Waals surface area contributed by atoms with Crippen LogP contribution >= 0.6 is 11.3 Å². The Morgan fingerprint density at radius 1 is 1.25 bits per heavy atom. The standard InChI is InChI=1S/C31H42N8O10S2/c1-29(2)23(26(41)39(29)49-51(44,45)46)36-25(40)22(19-15-50-28(34)35-19)38-48-31(4,27(42)43)21-8-6-17-13-18(5-7-20(17)47-21)24(33)37-30(3)11-9-16(14-32)10-12-30/h5,7,13,15-16,21,23H,6,8-12,14,32H2,1-4H3,(H2,33,37)(H2,34,35)(H,36,40)(H,42,43)(H,44,45,46)/b38-22-/t16-,21-,23-,30+,31+/m1/s1. The highest BCUT2D eigenvalue weighted by Crippen LogP contribution is 2.36. The van der Waals surface area contributed by atoms with Gasteiger partial charge in [-0.05, 0) is 102 Å². The summed E-state index contributed by atoms with van der Waals surface area (Å²) in [6.45, 7) is 6.76. The van der Waals surface area contributed by atoms with Gasteiger partial charge >= 0.3 is 16.4 Å². The number of rotatable bonds is 12. The highest BCUT2D eigenvalue weighted by molar-refractivity contribution is 7.80. The summed E-state index contributed by atoms with van der Waals surface area (Å²) in [6.07, 6.45) is 3.31. The van der Waals surface area contributed by atoms with E-state index in [1.54, 1.807) is 12.1 Å². The molecule has 2 fully saturated rings. The van der Waals surface area contributed by atoms with Gasteiger partial charge in [-0.2, -0.15) is 13.5 Å². The lowest BCUT2D eigenvalue weighted by molar-refractivity contribution is -0.218. The van der Waals surface area contributed by atoms with Crippen LogP contribution in [0.5, 0.6) is 5.75 Å². The van der Waals surface area contributed by atoms with E-state index in [2.05, 4.69) is 32.0 Å². The largest absolute Gasteiger partial charge is 0.485 e. The van der Waals surface area contributed by atoms with Gasteiger partial charge < -0.3 is 36.8 Å². The molecule has 3 aliphatic rings. The van der Waals surface area contributed by atoms with Gasteiger partial charge in [0, 0.05) is 16.5 Å². The van der Waals surface area contributed by atoms with Crippen LogP contribution in [0.15, 0.2) is 28.7 Å². The quantitative estimate of drug-likeness (QED) is 0.0530. The number of nitrogens with one attached hydrogen (secondary N) is 3. The summed E-state index contributed by atoms with van der Waals surface area (Å²) in [5.41, 5.74) is 8.66. The normalized spacial score (nSPS) is 25.8. The van der Waals surface area contributed by atoms with E-state index in [-0.39, 0.29) is 28.6 Å². The molecule has 2 amide bonds. The summed E-state index contributed by atoms with van der Waals surface area (Å²) < 4.78 is 41.8. The number of ether oxygens (including phenoxy) is 1. The topological polar surface area (TPSA) is 282 Å². The first kappa shape index (κ1) is 37.9. The fraction of sp³-hybridized carbons (Fsp3) is 0.548. The van der Waals surface area contributed by atoms with Crippen molar-refractivity contribution in [3.63, 3.8) is 0 Å². The second-order valence-electron chi connectivity index (χ2n) is 13.9. The third-order valence-corrected chi connectivity index (χ3v) is 10.7. The van der Waals surface area contributed by atoms with Crippen molar-refractivity contribution >= 4 is 56.2 Å². The summed E-state index contributed by atoms with van der Waals surface area (Å²) >= 11 is 0.965. The predicted octanol–water partition coefficient (Wildman–Crippen LogP) is 1.35. The van der Waals surface area contributed by atoms with E-state index in [0.717, 1.165) is 42.6 Å². The van der Waals surface area contributed by atoms with Crippen molar-refractivity contribution in [2.45, 2.75) is 95.0 Å². The predicted molar refractivity (Wildman–Crippen MR) is 184 cm³/mol. The number of amidine groups is 1. The summed E-state index contributed by atoms with van der Waals surface area (Å²) in [5.74, 6) is -2.27. The van der Waals surface area contributed by atoms with Crippen molar-refractivity contribution in [3.8, 4) is 5.75 Å². The molecule has 0 bridgehead atoms. The lowest BCUT2D eigenvalue weighted by atomic mass is 9.77. The number of nitrogens with two attached hydrogens (primary N) is 2. The zero-order valence-electron chi connectivity index (χ0n) is 28.5. The number of oxime groups is 1.